The van der Waals surface area contributed by atoms with Gasteiger partial charge in [0.05, 0.1) is 0 Å². The lowest BCUT2D eigenvalue weighted by atomic mass is 10.4. The van der Waals surface area contributed by atoms with Crippen molar-refractivity contribution in [2.45, 2.75) is 20.8 Å². The van der Waals surface area contributed by atoms with E-state index in [1.165, 1.54) is 28.9 Å². The Labute approximate surface area is 195 Å². The van der Waals surface area contributed by atoms with E-state index in [-0.39, 0.29) is 5.91 Å². The van der Waals surface area contributed by atoms with Crippen molar-refractivity contribution in [1.29, 1.82) is 0 Å². The van der Waals surface area contributed by atoms with Crippen molar-refractivity contribution in [3.8, 4) is 0 Å². The first-order chi connectivity index (χ1) is 14.4. The van der Waals surface area contributed by atoms with Crippen molar-refractivity contribution < 1.29 is 19.2 Å². The van der Waals surface area contributed by atoms with Gasteiger partial charge in [-0.05, 0) is 0 Å². The highest BCUT2D eigenvalue weighted by Gasteiger charge is 2.14. The van der Waals surface area contributed by atoms with Crippen molar-refractivity contribution in [3.05, 3.63) is 0 Å². The smallest absolute Gasteiger partial charge is 0.289 e. The molecule has 3 amide bonds. The number of ketones is 1. The molecular formula is C20H48N8O4. The Balaban J connectivity index is -0.000000165. The molecule has 12 heteroatoms. The van der Waals surface area contributed by atoms with E-state index in [2.05, 4.69) is 24.0 Å². The summed E-state index contributed by atoms with van der Waals surface area (Å²) in [6, 6.07) is 0. The van der Waals surface area contributed by atoms with E-state index < -0.39 is 11.7 Å². The highest BCUT2D eigenvalue weighted by molar-refractivity contribution is 6.34. The summed E-state index contributed by atoms with van der Waals surface area (Å²) >= 11 is 0. The Bertz CT molecular complexity index is 528. The molecule has 0 aliphatic carbocycles. The van der Waals surface area contributed by atoms with Gasteiger partial charge in [0.1, 0.15) is 0 Å². The number of likely N-dealkylation sites (N-methyl/N-ethyl adjacent to an activating group) is 1. The molecule has 192 valence electrons. The predicted molar refractivity (Wildman–Crippen MR) is 129 cm³/mol. The van der Waals surface area contributed by atoms with Crippen LogP contribution in [0.3, 0.4) is 0 Å². The van der Waals surface area contributed by atoms with E-state index >= 15 is 0 Å². The number of hydrogen-bond donors (Lipinski definition) is 0. The van der Waals surface area contributed by atoms with Gasteiger partial charge in [-0.25, -0.2) is 25.0 Å². The van der Waals surface area contributed by atoms with Crippen LogP contribution in [0.1, 0.15) is 20.8 Å². The van der Waals surface area contributed by atoms with Crippen LogP contribution in [-0.4, -0.2) is 155 Å². The quantitative estimate of drug-likeness (QED) is 0.279. The minimum Gasteiger partial charge on any atom is -0.289 e. The number of Topliss-reactive ketones (excluding diaryl/α,β-unsaturated/α-hetero) is 1. The molecule has 0 spiro atoms. The molecule has 0 aromatic carbocycles. The van der Waals surface area contributed by atoms with Gasteiger partial charge in [0.25, 0.3) is 0 Å². The summed E-state index contributed by atoms with van der Waals surface area (Å²) in [6.07, 6.45) is 0.750. The van der Waals surface area contributed by atoms with Gasteiger partial charge in [-0.15, -0.1) is 0 Å². The molecule has 0 radical (unpaired) electrons. The highest BCUT2D eigenvalue weighted by Crippen LogP contribution is 1.87. The fraction of sp³-hybridized carbons (Fsp3) is 0.800. The van der Waals surface area contributed by atoms with Crippen molar-refractivity contribution in [2.75, 3.05) is 91.1 Å². The monoisotopic (exact) mass is 464 g/mol. The lowest BCUT2D eigenvalue weighted by molar-refractivity contribution is -0.151. The van der Waals surface area contributed by atoms with Crippen LogP contribution in [0, 0.1) is 0 Å². The van der Waals surface area contributed by atoms with E-state index in [0.29, 0.717) is 0 Å². The Morgan fingerprint density at radius 3 is 1.03 bits per heavy atom. The second-order valence-corrected chi connectivity index (χ2v) is 7.47. The van der Waals surface area contributed by atoms with Crippen LogP contribution in [0.25, 0.3) is 0 Å². The zero-order valence-electron chi connectivity index (χ0n) is 23.0. The van der Waals surface area contributed by atoms with Crippen LogP contribution in [-0.2, 0) is 19.2 Å². The number of carbonyl (C=O) groups is 4. The van der Waals surface area contributed by atoms with E-state index in [4.69, 9.17) is 0 Å². The number of amides is 3. The van der Waals surface area contributed by atoms with Gasteiger partial charge in [0, 0.05) is 105 Å². The summed E-state index contributed by atoms with van der Waals surface area (Å²) < 4.78 is 0. The number of hydrazine groups is 4. The Kier molecular flexibility index (Phi) is 24.1. The number of rotatable bonds is 7. The summed E-state index contributed by atoms with van der Waals surface area (Å²) in [5.74, 6) is -0.892. The van der Waals surface area contributed by atoms with Crippen LogP contribution < -0.4 is 0 Å². The van der Waals surface area contributed by atoms with Gasteiger partial charge in [-0.3, -0.25) is 34.2 Å². The minimum absolute atomic E-state index is 0.0509. The van der Waals surface area contributed by atoms with Gasteiger partial charge < -0.3 is 0 Å². The standard InChI is InChI=1S/C6H12N2O2.C5H12N2O.C5H14N2.C4H10N2O/c1-5(9)6(10)8(4)7(2)3;1-5(8)7(4)6(2)3;1-5-7(4)6(2)3;1-5(2)6(3)4-7/h1-4H3;1-4H3;5H2,1-4H3;4H,1-3H3. The summed E-state index contributed by atoms with van der Waals surface area (Å²) in [4.78, 5) is 41.6. The molecule has 0 rings (SSSR count). The summed E-state index contributed by atoms with van der Waals surface area (Å²) in [6.45, 7) is 5.98. The van der Waals surface area contributed by atoms with Crippen LogP contribution in [0.4, 0.5) is 0 Å². The highest BCUT2D eigenvalue weighted by atomic mass is 16.2. The van der Waals surface area contributed by atoms with Crippen molar-refractivity contribution in [3.63, 3.8) is 0 Å². The number of hydrogen-bond acceptors (Lipinski definition) is 9. The first-order valence-corrected chi connectivity index (χ1v) is 9.99. The van der Waals surface area contributed by atoms with Crippen LogP contribution in [0.2, 0.25) is 0 Å². The summed E-state index contributed by atoms with van der Waals surface area (Å²) in [5.41, 5.74) is 0. The lowest BCUT2D eigenvalue weighted by Gasteiger charge is -2.22. The van der Waals surface area contributed by atoms with Crippen molar-refractivity contribution in [2.24, 2.45) is 0 Å². The van der Waals surface area contributed by atoms with Gasteiger partial charge in [0.15, 0.2) is 0 Å². The van der Waals surface area contributed by atoms with Gasteiger partial charge in [-0.1, -0.05) is 6.92 Å². The minimum atomic E-state index is -0.495. The molecule has 0 bridgehead atoms. The summed E-state index contributed by atoms with van der Waals surface area (Å²) in [5, 5.41) is 13.4. The van der Waals surface area contributed by atoms with Crippen LogP contribution in [0.5, 0.6) is 0 Å². The van der Waals surface area contributed by atoms with Gasteiger partial charge in [-0.2, -0.15) is 0 Å². The largest absolute Gasteiger partial charge is 0.303 e. The maximum absolute atomic E-state index is 10.8. The molecule has 0 atom stereocenters. The molecule has 0 aromatic rings. The second kappa shape index (κ2) is 20.8. The Hall–Kier alpha value is -2.12. The number of carbonyl (C=O) groups excluding carboxylic acids is 4. The topological polar surface area (TPSA) is 94.2 Å². The Morgan fingerprint density at radius 1 is 0.625 bits per heavy atom. The van der Waals surface area contributed by atoms with E-state index in [1.807, 2.05) is 28.2 Å². The van der Waals surface area contributed by atoms with Gasteiger partial charge in [0.2, 0.25) is 18.1 Å². The molecule has 0 unspecified atom stereocenters. The third-order valence-electron chi connectivity index (χ3n) is 4.17. The lowest BCUT2D eigenvalue weighted by Crippen LogP contribution is -2.41. The van der Waals surface area contributed by atoms with Crippen molar-refractivity contribution >= 4 is 24.0 Å². The zero-order valence-corrected chi connectivity index (χ0v) is 23.0. The molecule has 0 aliphatic heterocycles. The first kappa shape index (κ1) is 37.2. The second-order valence-electron chi connectivity index (χ2n) is 7.47. The van der Waals surface area contributed by atoms with E-state index in [1.54, 1.807) is 64.4 Å². The maximum Gasteiger partial charge on any atom is 0.303 e. The van der Waals surface area contributed by atoms with Crippen LogP contribution >= 0.6 is 0 Å². The molecule has 0 fully saturated rings. The average molecular weight is 465 g/mol. The SMILES string of the molecule is CC(=O)C(=O)N(C)N(C)C.CC(=O)N(C)N(C)C.CCN(C)N(C)C.CN(C)N(C)C=O. The molecule has 12 nitrogen and oxygen atoms in total. The molecule has 0 saturated heterocycles. The molecule has 0 aromatic heterocycles. The van der Waals surface area contributed by atoms with Crippen LogP contribution in [0.15, 0.2) is 0 Å². The first-order valence-electron chi connectivity index (χ1n) is 9.99. The van der Waals surface area contributed by atoms with Crippen molar-refractivity contribution in [1.82, 2.24) is 40.1 Å². The third kappa shape index (κ3) is 22.6. The fourth-order valence-electron chi connectivity index (χ4n) is 1.07. The molecule has 32 heavy (non-hydrogen) atoms. The zero-order chi connectivity index (χ0) is 26.8. The van der Waals surface area contributed by atoms with Gasteiger partial charge >= 0.3 is 5.91 Å². The van der Waals surface area contributed by atoms with E-state index in [9.17, 15) is 19.2 Å². The number of nitrogens with zero attached hydrogens (tertiary/aromatic N) is 8. The van der Waals surface area contributed by atoms with E-state index in [0.717, 1.165) is 13.0 Å². The normalized spacial score (nSPS) is 9.88. The molecule has 0 N–H and O–H groups in total. The molecule has 0 saturated carbocycles. The maximum atomic E-state index is 10.8. The average Bonchev–Trinajstić information content (AvgIpc) is 2.71. The third-order valence-corrected chi connectivity index (χ3v) is 4.17. The summed E-state index contributed by atoms with van der Waals surface area (Å²) in [7, 11) is 21.7. The molecular weight excluding hydrogens is 416 g/mol. The fourth-order valence-corrected chi connectivity index (χ4v) is 1.07. The Morgan fingerprint density at radius 2 is 1.00 bits per heavy atom. The molecule has 0 heterocycles. The predicted octanol–water partition coefficient (Wildman–Crippen LogP) is -0.582. The molecule has 0 aliphatic rings.